The minimum Gasteiger partial charge on any atom is -0.545 e. The van der Waals surface area contributed by atoms with Crippen molar-refractivity contribution in [1.82, 2.24) is 0 Å². The van der Waals surface area contributed by atoms with Crippen molar-refractivity contribution in [2.75, 3.05) is 47.5 Å². The highest BCUT2D eigenvalue weighted by Crippen LogP contribution is 2.12. The summed E-state index contributed by atoms with van der Waals surface area (Å²) in [7, 11) is 5.88. The maximum Gasteiger partial charge on any atom is 0.306 e. The number of carbonyl (C=O) groups is 3. The lowest BCUT2D eigenvalue weighted by Crippen LogP contribution is -2.44. The summed E-state index contributed by atoms with van der Waals surface area (Å²) in [5.74, 6) is -2.40. The Morgan fingerprint density at radius 3 is 1.28 bits per heavy atom. The van der Waals surface area contributed by atoms with Crippen LogP contribution in [0.2, 0.25) is 0 Å². The number of carboxylic acids is 1. The molecule has 0 radical (unpaired) electrons. The van der Waals surface area contributed by atoms with E-state index in [-0.39, 0.29) is 32.7 Å². The van der Waals surface area contributed by atoms with E-state index in [0.29, 0.717) is 23.9 Å². The number of hydrogen-bond donors (Lipinski definition) is 0. The number of allylic oxidation sites excluding steroid dienone is 20. The summed E-state index contributed by atoms with van der Waals surface area (Å²) in [5, 5.41) is 11.7. The molecule has 0 fully saturated rings. The van der Waals surface area contributed by atoms with Crippen molar-refractivity contribution in [3.63, 3.8) is 0 Å². The Labute approximate surface area is 396 Å². The quantitative estimate of drug-likeness (QED) is 0.0196. The molecule has 0 aromatic carbocycles. The molecule has 0 aliphatic heterocycles. The number of esters is 2. The second kappa shape index (κ2) is 46.2. The zero-order chi connectivity index (χ0) is 47.7. The van der Waals surface area contributed by atoms with Crippen LogP contribution in [0, 0.1) is 0 Å². The number of unbranched alkanes of at least 4 members (excludes halogenated alkanes) is 8. The maximum absolute atomic E-state index is 12.8. The van der Waals surface area contributed by atoms with Crippen LogP contribution in [0.1, 0.15) is 155 Å². The largest absolute Gasteiger partial charge is 0.545 e. The lowest BCUT2D eigenvalue weighted by atomic mass is 10.1. The van der Waals surface area contributed by atoms with Gasteiger partial charge in [-0.1, -0.05) is 167 Å². The van der Waals surface area contributed by atoms with Crippen molar-refractivity contribution in [3.8, 4) is 0 Å². The number of carbonyl (C=O) groups excluding carboxylic acids is 3. The molecule has 0 saturated carbocycles. The summed E-state index contributed by atoms with van der Waals surface area (Å²) in [6.07, 6.45) is 60.9. The lowest BCUT2D eigenvalue weighted by molar-refractivity contribution is -0.870. The minimum absolute atomic E-state index is 0.129. The Morgan fingerprint density at radius 1 is 0.462 bits per heavy atom. The predicted molar refractivity (Wildman–Crippen MR) is 269 cm³/mol. The lowest BCUT2D eigenvalue weighted by Gasteiger charge is -2.26. The second-order valence-electron chi connectivity index (χ2n) is 17.0. The number of quaternary nitrogens is 1. The van der Waals surface area contributed by atoms with Gasteiger partial charge in [-0.25, -0.2) is 0 Å². The predicted octanol–water partition coefficient (Wildman–Crippen LogP) is 12.4. The average Bonchev–Trinajstić information content (AvgIpc) is 3.27. The number of ether oxygens (including phenoxy) is 4. The van der Waals surface area contributed by atoms with E-state index >= 15 is 0 Å². The van der Waals surface area contributed by atoms with Gasteiger partial charge in [-0.3, -0.25) is 9.59 Å². The molecule has 0 aliphatic rings. The molecule has 0 saturated heterocycles. The van der Waals surface area contributed by atoms with Crippen LogP contribution in [0.25, 0.3) is 0 Å². The third-order valence-corrected chi connectivity index (χ3v) is 9.70. The first-order valence-corrected chi connectivity index (χ1v) is 24.7. The Kier molecular flexibility index (Phi) is 43.2. The van der Waals surface area contributed by atoms with E-state index in [1.54, 1.807) is 0 Å². The molecule has 2 atom stereocenters. The summed E-state index contributed by atoms with van der Waals surface area (Å²) in [6, 6.07) is 0. The van der Waals surface area contributed by atoms with Crippen LogP contribution in [-0.2, 0) is 33.3 Å². The van der Waals surface area contributed by atoms with E-state index in [1.807, 2.05) is 21.1 Å². The van der Waals surface area contributed by atoms with Gasteiger partial charge in [-0.15, -0.1) is 0 Å². The summed E-state index contributed by atoms with van der Waals surface area (Å²) in [4.78, 5) is 37.1. The van der Waals surface area contributed by atoms with Gasteiger partial charge in [0.05, 0.1) is 40.3 Å². The van der Waals surface area contributed by atoms with Crippen molar-refractivity contribution in [2.24, 2.45) is 0 Å². The molecule has 65 heavy (non-hydrogen) atoms. The fourth-order valence-corrected chi connectivity index (χ4v) is 5.95. The molecule has 0 bridgehead atoms. The molecular formula is C56H89NO8. The number of rotatable bonds is 43. The van der Waals surface area contributed by atoms with Gasteiger partial charge in [0.2, 0.25) is 0 Å². The summed E-state index contributed by atoms with van der Waals surface area (Å²) in [5.41, 5.74) is 0. The van der Waals surface area contributed by atoms with Gasteiger partial charge in [0.15, 0.2) is 12.4 Å². The molecule has 0 aromatic heterocycles. The summed E-state index contributed by atoms with van der Waals surface area (Å²) >= 11 is 0. The van der Waals surface area contributed by atoms with Crippen molar-refractivity contribution in [3.05, 3.63) is 122 Å². The monoisotopic (exact) mass is 904 g/mol. The Hall–Kier alpha value is -4.31. The molecule has 9 heteroatoms. The molecule has 0 aromatic rings. The Balaban J connectivity index is 4.49. The Morgan fingerprint density at radius 2 is 0.846 bits per heavy atom. The highest BCUT2D eigenvalue weighted by Gasteiger charge is 2.21. The summed E-state index contributed by atoms with van der Waals surface area (Å²) in [6.45, 7) is 4.40. The van der Waals surface area contributed by atoms with Gasteiger partial charge in [-0.2, -0.15) is 0 Å². The van der Waals surface area contributed by atoms with Gasteiger partial charge < -0.3 is 33.3 Å². The van der Waals surface area contributed by atoms with Crippen LogP contribution >= 0.6 is 0 Å². The molecule has 2 unspecified atom stereocenters. The van der Waals surface area contributed by atoms with Crippen LogP contribution in [0.5, 0.6) is 0 Å². The normalized spacial score (nSPS) is 13.9. The fraction of sp³-hybridized carbons (Fsp3) is 0.589. The van der Waals surface area contributed by atoms with Crippen molar-refractivity contribution in [1.29, 1.82) is 0 Å². The second-order valence-corrected chi connectivity index (χ2v) is 17.0. The summed E-state index contributed by atoms with van der Waals surface area (Å²) < 4.78 is 22.5. The molecule has 0 heterocycles. The van der Waals surface area contributed by atoms with Crippen LogP contribution < -0.4 is 5.11 Å². The molecule has 0 aliphatic carbocycles. The zero-order valence-corrected chi connectivity index (χ0v) is 41.3. The van der Waals surface area contributed by atoms with Gasteiger partial charge >= 0.3 is 11.9 Å². The van der Waals surface area contributed by atoms with Crippen molar-refractivity contribution < 1.29 is 42.9 Å². The van der Waals surface area contributed by atoms with Gasteiger partial charge in [0.25, 0.3) is 0 Å². The van der Waals surface area contributed by atoms with E-state index < -0.39 is 30.3 Å². The maximum atomic E-state index is 12.8. The van der Waals surface area contributed by atoms with Crippen molar-refractivity contribution >= 4 is 17.9 Å². The molecule has 0 rings (SSSR count). The van der Waals surface area contributed by atoms with Crippen LogP contribution in [0.15, 0.2) is 122 Å². The first-order valence-electron chi connectivity index (χ1n) is 24.7. The standard InChI is InChI=1S/C56H89NO8/c1-6-8-10-12-14-16-18-20-22-24-25-26-27-28-29-31-33-35-37-39-41-43-45-47-54(59)65-52(51-64-56(55(60)61)62-49-48-57(3,4)5)50-63-53(58)46-44-42-40-38-36-34-32-30-23-21-19-17-15-13-11-9-7-2/h8-11,14-17,20-23,25-26,28-29,32,34,38,40,52,56H,6-7,12-13,18-19,24,27,30-31,33,35-37,39,41-51H2,1-5H3/b10-8-,11-9-,16-14-,17-15-,22-20-,23-21-,26-25-,29-28-,34-32-,40-38-. The van der Waals surface area contributed by atoms with Crippen LogP contribution in [-0.4, -0.2) is 82.3 Å². The minimum atomic E-state index is -1.64. The first-order chi connectivity index (χ1) is 31.6. The number of aliphatic carboxylic acids is 1. The molecule has 0 amide bonds. The number of nitrogens with zero attached hydrogens (tertiary/aromatic N) is 1. The molecule has 366 valence electrons. The van der Waals surface area contributed by atoms with Gasteiger partial charge in [0.1, 0.15) is 13.2 Å². The number of carboxylic acid groups (broad SMARTS) is 1. The van der Waals surface area contributed by atoms with E-state index in [1.165, 1.54) is 19.3 Å². The number of hydrogen-bond acceptors (Lipinski definition) is 8. The SMILES string of the molecule is CC/C=C\C/C=C\C/C=C\C/C=C\C/C=C\CCCCCCCCCC(=O)OC(COC(=O)CCC/C=C\C/C=C\C/C=C\C/C=C\C/C=C\CC)COC(OCC[N+](C)(C)C)C(=O)[O-]. The van der Waals surface area contributed by atoms with E-state index in [9.17, 15) is 19.5 Å². The molecule has 0 spiro atoms. The third kappa shape index (κ3) is 47.5. The van der Waals surface area contributed by atoms with Crippen LogP contribution in [0.4, 0.5) is 0 Å². The highest BCUT2D eigenvalue weighted by molar-refractivity contribution is 5.70. The van der Waals surface area contributed by atoms with E-state index in [4.69, 9.17) is 18.9 Å². The van der Waals surface area contributed by atoms with E-state index in [2.05, 4.69) is 135 Å². The highest BCUT2D eigenvalue weighted by atomic mass is 16.7. The zero-order valence-electron chi connectivity index (χ0n) is 41.3. The van der Waals surface area contributed by atoms with Crippen molar-refractivity contribution in [2.45, 2.75) is 167 Å². The topological polar surface area (TPSA) is 111 Å². The van der Waals surface area contributed by atoms with Crippen LogP contribution in [0.3, 0.4) is 0 Å². The number of likely N-dealkylation sites (N-methyl/N-ethyl adjacent to an activating group) is 1. The molecule has 9 nitrogen and oxygen atoms in total. The third-order valence-electron chi connectivity index (χ3n) is 9.70. The average molecular weight is 904 g/mol. The molecule has 0 N–H and O–H groups in total. The van der Waals surface area contributed by atoms with E-state index in [0.717, 1.165) is 96.3 Å². The molecular weight excluding hydrogens is 815 g/mol. The van der Waals surface area contributed by atoms with Gasteiger partial charge in [0, 0.05) is 12.8 Å². The smallest absolute Gasteiger partial charge is 0.306 e. The Bertz CT molecular complexity index is 1470. The van der Waals surface area contributed by atoms with Gasteiger partial charge in [-0.05, 0) is 96.3 Å². The fourth-order valence-electron chi connectivity index (χ4n) is 5.95. The first kappa shape index (κ1) is 60.7.